The van der Waals surface area contributed by atoms with E-state index in [-0.39, 0.29) is 17.3 Å². The molecule has 0 saturated heterocycles. The van der Waals surface area contributed by atoms with Crippen LogP contribution >= 0.6 is 0 Å². The number of hydrogen-bond donors (Lipinski definition) is 1. The number of carbonyl (C=O) groups is 2. The highest BCUT2D eigenvalue weighted by Gasteiger charge is 2.45. The highest BCUT2D eigenvalue weighted by molar-refractivity contribution is 6.16. The van der Waals surface area contributed by atoms with E-state index in [1.54, 1.807) is 38.1 Å². The van der Waals surface area contributed by atoms with E-state index >= 15 is 0 Å². The zero-order valence-corrected chi connectivity index (χ0v) is 15.4. The Hall–Kier alpha value is -3.39. The number of carbonyl (C=O) groups excluding carboxylic acids is 2. The molecular formula is C22H20N2O3. The van der Waals surface area contributed by atoms with Crippen LogP contribution in [-0.4, -0.2) is 16.8 Å². The van der Waals surface area contributed by atoms with Crippen LogP contribution in [0.3, 0.4) is 0 Å². The molecular weight excluding hydrogens is 340 g/mol. The van der Waals surface area contributed by atoms with Crippen LogP contribution in [-0.2, 0) is 9.59 Å². The lowest BCUT2D eigenvalue weighted by Crippen LogP contribution is -2.31. The number of aliphatic hydroxyl groups is 1. The van der Waals surface area contributed by atoms with Gasteiger partial charge in [0.2, 0.25) is 0 Å². The molecule has 27 heavy (non-hydrogen) atoms. The molecule has 136 valence electrons. The summed E-state index contributed by atoms with van der Waals surface area (Å²) >= 11 is 0. The van der Waals surface area contributed by atoms with Crippen molar-refractivity contribution in [3.8, 4) is 6.07 Å². The molecule has 5 nitrogen and oxygen atoms in total. The number of nitrogens with zero attached hydrogens (tertiary/aromatic N) is 2. The molecule has 5 heteroatoms. The SMILES string of the molecule is Cc1ccccc1C1C(C(=O)C(C)C)=C(O)C(=O)N1c1ccc(C#N)cc1. The van der Waals surface area contributed by atoms with E-state index < -0.39 is 17.7 Å². The van der Waals surface area contributed by atoms with Crippen LogP contribution in [0.5, 0.6) is 0 Å². The van der Waals surface area contributed by atoms with Gasteiger partial charge >= 0.3 is 0 Å². The van der Waals surface area contributed by atoms with Crippen molar-refractivity contribution in [2.24, 2.45) is 5.92 Å². The first-order valence-electron chi connectivity index (χ1n) is 8.73. The molecule has 0 aliphatic carbocycles. The maximum absolute atomic E-state index is 12.9. The van der Waals surface area contributed by atoms with Crippen molar-refractivity contribution >= 4 is 17.4 Å². The van der Waals surface area contributed by atoms with Crippen molar-refractivity contribution in [2.75, 3.05) is 4.90 Å². The van der Waals surface area contributed by atoms with Gasteiger partial charge in [-0.3, -0.25) is 14.5 Å². The molecule has 0 radical (unpaired) electrons. The Morgan fingerprint density at radius 1 is 1.15 bits per heavy atom. The number of aryl methyl sites for hydroxylation is 1. The van der Waals surface area contributed by atoms with E-state index in [4.69, 9.17) is 5.26 Å². The molecule has 2 aromatic rings. The van der Waals surface area contributed by atoms with Gasteiger partial charge < -0.3 is 5.11 Å². The lowest BCUT2D eigenvalue weighted by Gasteiger charge is -2.28. The van der Waals surface area contributed by atoms with Crippen molar-refractivity contribution in [3.05, 3.63) is 76.6 Å². The Balaban J connectivity index is 2.20. The van der Waals surface area contributed by atoms with E-state index in [9.17, 15) is 14.7 Å². The van der Waals surface area contributed by atoms with Crippen molar-refractivity contribution in [2.45, 2.75) is 26.8 Å². The Bertz CT molecular complexity index is 981. The maximum atomic E-state index is 12.9. The van der Waals surface area contributed by atoms with Crippen LogP contribution < -0.4 is 4.90 Å². The Kier molecular flexibility index (Phi) is 4.83. The predicted molar refractivity (Wildman–Crippen MR) is 102 cm³/mol. The van der Waals surface area contributed by atoms with Crippen LogP contribution in [0.2, 0.25) is 0 Å². The van der Waals surface area contributed by atoms with Crippen molar-refractivity contribution < 1.29 is 14.7 Å². The second-order valence-corrected chi connectivity index (χ2v) is 6.87. The van der Waals surface area contributed by atoms with E-state index in [1.165, 1.54) is 4.90 Å². The quantitative estimate of drug-likeness (QED) is 0.894. The van der Waals surface area contributed by atoms with Gasteiger partial charge in [0.15, 0.2) is 11.5 Å². The standard InChI is InChI=1S/C22H20N2O3/c1-13(2)20(25)18-19(17-7-5-4-6-14(17)3)24(22(27)21(18)26)16-10-8-15(12-23)9-11-16/h4-11,13,19,26H,1-3H3. The monoisotopic (exact) mass is 360 g/mol. The van der Waals surface area contributed by atoms with Gasteiger partial charge in [0.05, 0.1) is 23.2 Å². The van der Waals surface area contributed by atoms with Crippen LogP contribution in [0.25, 0.3) is 0 Å². The molecule has 1 unspecified atom stereocenters. The minimum atomic E-state index is -0.707. The summed E-state index contributed by atoms with van der Waals surface area (Å²) in [6, 6.07) is 15.3. The highest BCUT2D eigenvalue weighted by atomic mass is 16.3. The largest absolute Gasteiger partial charge is 0.503 e. The Labute approximate surface area is 158 Å². The summed E-state index contributed by atoms with van der Waals surface area (Å²) in [5.41, 5.74) is 2.80. The minimum absolute atomic E-state index is 0.119. The van der Waals surface area contributed by atoms with Crippen LogP contribution in [0.15, 0.2) is 59.9 Å². The lowest BCUT2D eigenvalue weighted by atomic mass is 9.89. The molecule has 3 rings (SSSR count). The molecule has 0 fully saturated rings. The van der Waals surface area contributed by atoms with E-state index in [0.29, 0.717) is 11.3 Å². The zero-order valence-electron chi connectivity index (χ0n) is 15.4. The third kappa shape index (κ3) is 3.11. The number of hydrogen-bond acceptors (Lipinski definition) is 4. The van der Waals surface area contributed by atoms with Crippen molar-refractivity contribution in [1.82, 2.24) is 0 Å². The number of amides is 1. The van der Waals surface area contributed by atoms with Gasteiger partial charge in [0.25, 0.3) is 5.91 Å². The molecule has 1 N–H and O–H groups in total. The fraction of sp³-hybridized carbons (Fsp3) is 0.227. The van der Waals surface area contributed by atoms with E-state index in [1.807, 2.05) is 37.3 Å². The number of nitriles is 1. The summed E-state index contributed by atoms with van der Waals surface area (Å²) < 4.78 is 0. The van der Waals surface area contributed by atoms with Gasteiger partial charge in [0, 0.05) is 11.6 Å². The third-order valence-corrected chi connectivity index (χ3v) is 4.76. The van der Waals surface area contributed by atoms with Gasteiger partial charge in [-0.25, -0.2) is 0 Å². The molecule has 1 amide bonds. The molecule has 0 spiro atoms. The number of benzene rings is 2. The summed E-state index contributed by atoms with van der Waals surface area (Å²) in [7, 11) is 0. The Morgan fingerprint density at radius 2 is 1.78 bits per heavy atom. The van der Waals surface area contributed by atoms with Gasteiger partial charge in [-0.15, -0.1) is 0 Å². The molecule has 0 aromatic heterocycles. The molecule has 0 saturated carbocycles. The third-order valence-electron chi connectivity index (χ3n) is 4.76. The van der Waals surface area contributed by atoms with E-state index in [2.05, 4.69) is 0 Å². The fourth-order valence-corrected chi connectivity index (χ4v) is 3.32. The van der Waals surface area contributed by atoms with Crippen LogP contribution in [0, 0.1) is 24.2 Å². The molecule has 2 aromatic carbocycles. The van der Waals surface area contributed by atoms with Crippen LogP contribution in [0.4, 0.5) is 5.69 Å². The second kappa shape index (κ2) is 7.08. The number of aliphatic hydroxyl groups excluding tert-OH is 1. The van der Waals surface area contributed by atoms with Gasteiger partial charge in [-0.05, 0) is 42.3 Å². The summed E-state index contributed by atoms with van der Waals surface area (Å²) in [6.45, 7) is 5.39. The maximum Gasteiger partial charge on any atom is 0.294 e. The molecule has 0 bridgehead atoms. The summed E-state index contributed by atoms with van der Waals surface area (Å²) in [5.74, 6) is -1.74. The first-order chi connectivity index (χ1) is 12.9. The fourth-order valence-electron chi connectivity index (χ4n) is 3.32. The summed E-state index contributed by atoms with van der Waals surface area (Å²) in [4.78, 5) is 27.2. The summed E-state index contributed by atoms with van der Waals surface area (Å²) in [6.07, 6.45) is 0. The first kappa shape index (κ1) is 18.4. The highest BCUT2D eigenvalue weighted by Crippen LogP contribution is 2.42. The minimum Gasteiger partial charge on any atom is -0.503 e. The number of anilines is 1. The van der Waals surface area contributed by atoms with Crippen molar-refractivity contribution in [3.63, 3.8) is 0 Å². The number of ketones is 1. The van der Waals surface area contributed by atoms with Crippen LogP contribution in [0.1, 0.15) is 36.6 Å². The average molecular weight is 360 g/mol. The lowest BCUT2D eigenvalue weighted by molar-refractivity contribution is -0.119. The average Bonchev–Trinajstić information content (AvgIpc) is 2.92. The number of rotatable bonds is 4. The predicted octanol–water partition coefficient (Wildman–Crippen LogP) is 3.99. The smallest absolute Gasteiger partial charge is 0.294 e. The van der Waals surface area contributed by atoms with Gasteiger partial charge in [-0.1, -0.05) is 38.1 Å². The molecule has 1 heterocycles. The number of Topliss-reactive ketones (excluding diaryl/α,β-unsaturated/α-hetero) is 1. The topological polar surface area (TPSA) is 81.4 Å². The second-order valence-electron chi connectivity index (χ2n) is 6.87. The van der Waals surface area contributed by atoms with Crippen molar-refractivity contribution in [1.29, 1.82) is 5.26 Å². The molecule has 1 atom stereocenters. The molecule has 1 aliphatic rings. The molecule has 1 aliphatic heterocycles. The normalized spacial score (nSPS) is 16.8. The van der Waals surface area contributed by atoms with Gasteiger partial charge in [0.1, 0.15) is 0 Å². The van der Waals surface area contributed by atoms with E-state index in [0.717, 1.165) is 11.1 Å². The van der Waals surface area contributed by atoms with Gasteiger partial charge in [-0.2, -0.15) is 5.26 Å². The summed E-state index contributed by atoms with van der Waals surface area (Å²) in [5, 5.41) is 19.6. The first-order valence-corrected chi connectivity index (χ1v) is 8.73. The zero-order chi connectivity index (χ0) is 19.7. The Morgan fingerprint density at radius 3 is 2.33 bits per heavy atom.